The second kappa shape index (κ2) is 5.81. The van der Waals surface area contributed by atoms with Crippen molar-refractivity contribution in [3.05, 3.63) is 60.4 Å². The third kappa shape index (κ3) is 3.09. The van der Waals surface area contributed by atoms with Crippen molar-refractivity contribution >= 4 is 6.08 Å². The van der Waals surface area contributed by atoms with Crippen molar-refractivity contribution in [2.75, 3.05) is 6.54 Å². The highest BCUT2D eigenvalue weighted by Crippen LogP contribution is 2.19. The average Bonchev–Trinajstić information content (AvgIpc) is 3.00. The number of hydrogen-bond acceptors (Lipinski definition) is 2. The molecule has 0 bridgehead atoms. The molecule has 0 radical (unpaired) electrons. The maximum Gasteiger partial charge on any atom is 0.0346 e. The van der Waals surface area contributed by atoms with E-state index in [1.54, 1.807) is 0 Å². The first kappa shape index (κ1) is 12.1. The van der Waals surface area contributed by atoms with Crippen LogP contribution in [0.3, 0.4) is 0 Å². The van der Waals surface area contributed by atoms with Gasteiger partial charge in [0.25, 0.3) is 0 Å². The van der Waals surface area contributed by atoms with Gasteiger partial charge in [0.15, 0.2) is 0 Å². The normalized spacial score (nSPS) is 19.1. The maximum atomic E-state index is 4.33. The summed E-state index contributed by atoms with van der Waals surface area (Å²) in [6.07, 6.45) is 10.8. The molecule has 0 spiro atoms. The van der Waals surface area contributed by atoms with Crippen LogP contribution in [0.1, 0.15) is 18.4 Å². The molecule has 0 aliphatic carbocycles. The summed E-state index contributed by atoms with van der Waals surface area (Å²) >= 11 is 0. The summed E-state index contributed by atoms with van der Waals surface area (Å²) in [5.74, 6) is 0. The molecule has 1 fully saturated rings. The van der Waals surface area contributed by atoms with E-state index >= 15 is 0 Å². The molecule has 1 aliphatic rings. The van der Waals surface area contributed by atoms with Crippen molar-refractivity contribution in [1.82, 2.24) is 10.3 Å². The molecule has 1 aliphatic heterocycles. The van der Waals surface area contributed by atoms with Gasteiger partial charge in [-0.05, 0) is 36.6 Å². The number of hydrogen-bond donors (Lipinski definition) is 1. The fraction of sp³-hybridized carbons (Fsp3) is 0.235. The average molecular weight is 250 g/mol. The zero-order valence-corrected chi connectivity index (χ0v) is 10.9. The van der Waals surface area contributed by atoms with Crippen molar-refractivity contribution < 1.29 is 0 Å². The van der Waals surface area contributed by atoms with E-state index < -0.39 is 0 Å². The standard InChI is InChI=1S/C17H18N2/c1-2-5-15(6-3-1)16-11-14(12-18-13-16)8-9-17-7-4-10-19-17/h1-3,5-6,8-9,11-13,17,19H,4,7,10H2/t17-/m1/s1. The molecule has 1 N–H and O–H groups in total. The summed E-state index contributed by atoms with van der Waals surface area (Å²) in [5, 5.41) is 3.47. The molecule has 1 saturated heterocycles. The van der Waals surface area contributed by atoms with E-state index in [9.17, 15) is 0 Å². The van der Waals surface area contributed by atoms with Crippen LogP contribution in [0.25, 0.3) is 17.2 Å². The quantitative estimate of drug-likeness (QED) is 0.901. The molecular weight excluding hydrogens is 232 g/mol. The molecule has 1 aromatic carbocycles. The zero-order chi connectivity index (χ0) is 12.9. The minimum atomic E-state index is 0.528. The van der Waals surface area contributed by atoms with Crippen LogP contribution in [0.2, 0.25) is 0 Å². The van der Waals surface area contributed by atoms with Crippen LogP contribution in [-0.4, -0.2) is 17.6 Å². The minimum Gasteiger partial charge on any atom is -0.311 e. The Bertz CT molecular complexity index is 554. The highest BCUT2D eigenvalue weighted by atomic mass is 14.9. The Hall–Kier alpha value is -1.93. The van der Waals surface area contributed by atoms with Gasteiger partial charge in [-0.1, -0.05) is 42.5 Å². The molecule has 0 unspecified atom stereocenters. The van der Waals surface area contributed by atoms with E-state index in [1.165, 1.54) is 24.0 Å². The van der Waals surface area contributed by atoms with Crippen LogP contribution in [0.15, 0.2) is 54.9 Å². The molecule has 96 valence electrons. The lowest BCUT2D eigenvalue weighted by molar-refractivity contribution is 0.730. The lowest BCUT2D eigenvalue weighted by Crippen LogP contribution is -2.17. The van der Waals surface area contributed by atoms with Crippen LogP contribution >= 0.6 is 0 Å². The van der Waals surface area contributed by atoms with Gasteiger partial charge in [-0.25, -0.2) is 0 Å². The fourth-order valence-electron chi connectivity index (χ4n) is 2.44. The Labute approximate surface area is 114 Å². The van der Waals surface area contributed by atoms with Crippen molar-refractivity contribution in [3.8, 4) is 11.1 Å². The molecule has 2 heteroatoms. The Morgan fingerprint density at radius 3 is 2.79 bits per heavy atom. The first-order valence-electron chi connectivity index (χ1n) is 6.84. The van der Waals surface area contributed by atoms with Gasteiger partial charge in [0, 0.05) is 24.0 Å². The van der Waals surface area contributed by atoms with E-state index in [-0.39, 0.29) is 0 Å². The summed E-state index contributed by atoms with van der Waals surface area (Å²) in [6.45, 7) is 1.14. The molecule has 19 heavy (non-hydrogen) atoms. The van der Waals surface area contributed by atoms with E-state index in [4.69, 9.17) is 0 Å². The molecule has 1 aromatic heterocycles. The number of rotatable bonds is 3. The smallest absolute Gasteiger partial charge is 0.0346 e. The van der Waals surface area contributed by atoms with Gasteiger partial charge in [-0.3, -0.25) is 4.98 Å². The SMILES string of the molecule is C(=C[C@H]1CCCN1)c1cncc(-c2ccccc2)c1. The van der Waals surface area contributed by atoms with Gasteiger partial charge in [0.1, 0.15) is 0 Å². The van der Waals surface area contributed by atoms with Gasteiger partial charge in [-0.15, -0.1) is 0 Å². The van der Waals surface area contributed by atoms with E-state index in [1.807, 2.05) is 18.5 Å². The van der Waals surface area contributed by atoms with Crippen molar-refractivity contribution in [2.45, 2.75) is 18.9 Å². The molecule has 3 rings (SSSR count). The molecule has 2 aromatic rings. The van der Waals surface area contributed by atoms with Gasteiger partial charge in [0.2, 0.25) is 0 Å². The number of nitrogens with zero attached hydrogens (tertiary/aromatic N) is 1. The largest absolute Gasteiger partial charge is 0.311 e. The molecule has 0 amide bonds. The molecule has 1 atom stereocenters. The molecule has 2 heterocycles. The summed E-state index contributed by atoms with van der Waals surface area (Å²) in [6, 6.07) is 13.1. The van der Waals surface area contributed by atoms with Crippen LogP contribution in [0, 0.1) is 0 Å². The number of nitrogens with one attached hydrogen (secondary N) is 1. The highest BCUT2D eigenvalue weighted by Gasteiger charge is 2.09. The number of aromatic nitrogens is 1. The minimum absolute atomic E-state index is 0.528. The van der Waals surface area contributed by atoms with Gasteiger partial charge in [-0.2, -0.15) is 0 Å². The second-order valence-corrected chi connectivity index (χ2v) is 4.93. The molecule has 2 nitrogen and oxygen atoms in total. The Morgan fingerprint density at radius 1 is 1.11 bits per heavy atom. The summed E-state index contributed by atoms with van der Waals surface area (Å²) < 4.78 is 0. The van der Waals surface area contributed by atoms with Crippen LogP contribution in [0.5, 0.6) is 0 Å². The topological polar surface area (TPSA) is 24.9 Å². The lowest BCUT2D eigenvalue weighted by Gasteiger charge is -2.04. The second-order valence-electron chi connectivity index (χ2n) is 4.93. The first-order valence-corrected chi connectivity index (χ1v) is 6.84. The van der Waals surface area contributed by atoms with Crippen molar-refractivity contribution in [3.63, 3.8) is 0 Å². The Kier molecular flexibility index (Phi) is 3.70. The molecular formula is C17H18N2. The van der Waals surface area contributed by atoms with Gasteiger partial charge in [0.05, 0.1) is 0 Å². The van der Waals surface area contributed by atoms with E-state index in [0.29, 0.717) is 6.04 Å². The monoisotopic (exact) mass is 250 g/mol. The lowest BCUT2D eigenvalue weighted by atomic mass is 10.1. The maximum absolute atomic E-state index is 4.33. The number of pyridine rings is 1. The van der Waals surface area contributed by atoms with Gasteiger partial charge < -0.3 is 5.32 Å². The van der Waals surface area contributed by atoms with Crippen molar-refractivity contribution in [1.29, 1.82) is 0 Å². The molecule has 0 saturated carbocycles. The summed E-state index contributed by atoms with van der Waals surface area (Å²) in [7, 11) is 0. The highest BCUT2D eigenvalue weighted by molar-refractivity contribution is 5.66. The zero-order valence-electron chi connectivity index (χ0n) is 10.9. The van der Waals surface area contributed by atoms with Crippen molar-refractivity contribution in [2.24, 2.45) is 0 Å². The van der Waals surface area contributed by atoms with E-state index in [2.05, 4.69) is 52.8 Å². The van der Waals surface area contributed by atoms with E-state index in [0.717, 1.165) is 12.1 Å². The van der Waals surface area contributed by atoms with Crippen LogP contribution < -0.4 is 5.32 Å². The number of benzene rings is 1. The Balaban J connectivity index is 1.80. The predicted molar refractivity (Wildman–Crippen MR) is 79.7 cm³/mol. The summed E-state index contributed by atoms with van der Waals surface area (Å²) in [4.78, 5) is 4.33. The van der Waals surface area contributed by atoms with Gasteiger partial charge >= 0.3 is 0 Å². The van der Waals surface area contributed by atoms with Crippen LogP contribution in [0.4, 0.5) is 0 Å². The third-order valence-corrected chi connectivity index (χ3v) is 3.49. The Morgan fingerprint density at radius 2 is 2.00 bits per heavy atom. The fourth-order valence-corrected chi connectivity index (χ4v) is 2.44. The predicted octanol–water partition coefficient (Wildman–Crippen LogP) is 3.51. The first-order chi connectivity index (χ1) is 9.42. The van der Waals surface area contributed by atoms with Crippen LogP contribution in [-0.2, 0) is 0 Å². The summed E-state index contributed by atoms with van der Waals surface area (Å²) in [5.41, 5.74) is 3.54. The third-order valence-electron chi connectivity index (χ3n) is 3.49.